The van der Waals surface area contributed by atoms with Crippen molar-refractivity contribution in [1.29, 1.82) is 0 Å². The van der Waals surface area contributed by atoms with Crippen LogP contribution in [0, 0.1) is 5.92 Å². The fraction of sp³-hybridized carbons (Fsp3) is 0.593. The monoisotopic (exact) mass is 542 g/mol. The molecule has 3 aromatic rings. The minimum absolute atomic E-state index is 0.0140. The number of amides is 3. The number of rotatable bonds is 7. The van der Waals surface area contributed by atoms with Crippen molar-refractivity contribution < 1.29 is 18.4 Å². The number of carbonyl (C=O) groups excluding carboxylic acids is 2. The molecule has 2 fully saturated rings. The topological polar surface area (TPSA) is 109 Å². The second kappa shape index (κ2) is 10.9. The summed E-state index contributed by atoms with van der Waals surface area (Å²) < 4.78 is 31.2. The molecule has 0 aromatic carbocycles. The van der Waals surface area contributed by atoms with Gasteiger partial charge in [-0.15, -0.1) is 0 Å². The van der Waals surface area contributed by atoms with E-state index in [2.05, 4.69) is 20.8 Å². The number of nitrogens with one attached hydrogen (secondary N) is 2. The number of hydrogen-bond acceptors (Lipinski definition) is 5. The van der Waals surface area contributed by atoms with Crippen molar-refractivity contribution in [2.45, 2.75) is 89.9 Å². The number of imidazole rings is 1. The van der Waals surface area contributed by atoms with Crippen molar-refractivity contribution in [3.05, 3.63) is 47.7 Å². The Labute approximate surface area is 226 Å². The number of halogens is 2. The van der Waals surface area contributed by atoms with Gasteiger partial charge in [0, 0.05) is 44.2 Å². The SMILES string of the molecule is CC(C)n1nccc1C(=O)NC(c1cn2ncc(CN3CCC[C@@H](C)NC3=O)cc2n1)C1CCC(F)(F)CC1. The van der Waals surface area contributed by atoms with Crippen molar-refractivity contribution >= 4 is 17.6 Å². The Kier molecular flexibility index (Phi) is 7.55. The molecular weight excluding hydrogens is 506 g/mol. The maximum Gasteiger partial charge on any atom is 0.317 e. The number of aromatic nitrogens is 5. The Balaban J connectivity index is 1.40. The fourth-order valence-electron chi connectivity index (χ4n) is 5.56. The van der Waals surface area contributed by atoms with E-state index in [1.165, 1.54) is 0 Å². The van der Waals surface area contributed by atoms with Gasteiger partial charge in [0.25, 0.3) is 5.91 Å². The molecule has 2 atom stereocenters. The summed E-state index contributed by atoms with van der Waals surface area (Å²) in [7, 11) is 0. The molecule has 3 aromatic heterocycles. The molecule has 1 unspecified atom stereocenters. The Bertz CT molecular complexity index is 1330. The van der Waals surface area contributed by atoms with Crippen LogP contribution in [-0.4, -0.2) is 59.7 Å². The molecule has 0 bridgehead atoms. The summed E-state index contributed by atoms with van der Waals surface area (Å²) in [6, 6.07) is 3.00. The Morgan fingerprint density at radius 3 is 2.74 bits per heavy atom. The largest absolute Gasteiger partial charge is 0.342 e. The number of urea groups is 1. The van der Waals surface area contributed by atoms with Crippen LogP contribution in [0.5, 0.6) is 0 Å². The Hall–Kier alpha value is -3.57. The first kappa shape index (κ1) is 27.0. The second-order valence-electron chi connectivity index (χ2n) is 11.1. The van der Waals surface area contributed by atoms with Crippen LogP contribution in [-0.2, 0) is 6.54 Å². The van der Waals surface area contributed by atoms with Crippen molar-refractivity contribution in [3.8, 4) is 0 Å². The average Bonchev–Trinajstić information content (AvgIpc) is 3.51. The van der Waals surface area contributed by atoms with E-state index in [4.69, 9.17) is 4.98 Å². The van der Waals surface area contributed by atoms with Crippen LogP contribution < -0.4 is 10.6 Å². The summed E-state index contributed by atoms with van der Waals surface area (Å²) in [4.78, 5) is 32.4. The zero-order valence-electron chi connectivity index (χ0n) is 22.6. The van der Waals surface area contributed by atoms with Crippen LogP contribution in [0.1, 0.15) is 93.1 Å². The summed E-state index contributed by atoms with van der Waals surface area (Å²) in [5, 5.41) is 14.8. The van der Waals surface area contributed by atoms with Gasteiger partial charge >= 0.3 is 6.03 Å². The number of alkyl halides is 2. The maximum absolute atomic E-state index is 14.0. The first-order valence-corrected chi connectivity index (χ1v) is 13.7. The predicted octanol–water partition coefficient (Wildman–Crippen LogP) is 4.50. The van der Waals surface area contributed by atoms with Gasteiger partial charge in [0.05, 0.1) is 24.1 Å². The molecule has 3 amide bonds. The van der Waals surface area contributed by atoms with E-state index in [-0.39, 0.29) is 55.6 Å². The van der Waals surface area contributed by atoms with Crippen LogP contribution in [0.25, 0.3) is 5.65 Å². The van der Waals surface area contributed by atoms with Crippen LogP contribution in [0.2, 0.25) is 0 Å². The van der Waals surface area contributed by atoms with Gasteiger partial charge in [-0.25, -0.2) is 23.1 Å². The lowest BCUT2D eigenvalue weighted by Crippen LogP contribution is -2.40. The summed E-state index contributed by atoms with van der Waals surface area (Å²) in [6.45, 7) is 6.94. The van der Waals surface area contributed by atoms with Crippen molar-refractivity contribution in [2.75, 3.05) is 6.54 Å². The van der Waals surface area contributed by atoms with Gasteiger partial charge in [0.2, 0.25) is 5.92 Å². The molecule has 2 aliphatic rings. The first-order chi connectivity index (χ1) is 18.6. The van der Waals surface area contributed by atoms with Crippen molar-refractivity contribution in [1.82, 2.24) is 39.9 Å². The Morgan fingerprint density at radius 2 is 2.00 bits per heavy atom. The lowest BCUT2D eigenvalue weighted by atomic mass is 9.81. The highest BCUT2D eigenvalue weighted by Crippen LogP contribution is 2.41. The highest BCUT2D eigenvalue weighted by Gasteiger charge is 2.39. The van der Waals surface area contributed by atoms with Gasteiger partial charge < -0.3 is 15.5 Å². The van der Waals surface area contributed by atoms with Crippen LogP contribution in [0.3, 0.4) is 0 Å². The first-order valence-electron chi connectivity index (χ1n) is 13.7. The van der Waals surface area contributed by atoms with Gasteiger partial charge in [-0.2, -0.15) is 10.2 Å². The molecule has 39 heavy (non-hydrogen) atoms. The van der Waals surface area contributed by atoms with Crippen molar-refractivity contribution in [3.63, 3.8) is 0 Å². The molecule has 10 nitrogen and oxygen atoms in total. The standard InChI is InChI=1S/C27H36F2N8O2/c1-17(2)37-22(8-11-30-37)25(38)34-24(20-6-9-27(28,29)10-7-20)21-16-36-23(33-21)13-19(14-31-36)15-35-12-4-5-18(3)32-26(35)39/h8,11,13-14,16-18,20,24H,4-7,9-10,12,15H2,1-3H3,(H,32,39)(H,34,38)/t18-,24?/m1/s1. The summed E-state index contributed by atoms with van der Waals surface area (Å²) >= 11 is 0. The molecule has 12 heteroatoms. The van der Waals surface area contributed by atoms with E-state index in [0.29, 0.717) is 30.1 Å². The molecule has 0 spiro atoms. The van der Waals surface area contributed by atoms with E-state index in [1.54, 1.807) is 38.8 Å². The maximum atomic E-state index is 14.0. The molecule has 1 saturated heterocycles. The predicted molar refractivity (Wildman–Crippen MR) is 140 cm³/mol. The fourth-order valence-corrected chi connectivity index (χ4v) is 5.56. The average molecular weight is 543 g/mol. The zero-order chi connectivity index (χ0) is 27.7. The van der Waals surface area contributed by atoms with Crippen LogP contribution >= 0.6 is 0 Å². The molecular formula is C27H36F2N8O2. The molecule has 5 rings (SSSR count). The van der Waals surface area contributed by atoms with E-state index < -0.39 is 12.0 Å². The Morgan fingerprint density at radius 1 is 1.23 bits per heavy atom. The third-order valence-electron chi connectivity index (χ3n) is 7.72. The number of hydrogen-bond donors (Lipinski definition) is 2. The van der Waals surface area contributed by atoms with Crippen LogP contribution in [0.15, 0.2) is 30.7 Å². The third kappa shape index (κ3) is 6.04. The number of nitrogens with zero attached hydrogens (tertiary/aromatic N) is 6. The quantitative estimate of drug-likeness (QED) is 0.457. The molecule has 0 radical (unpaired) electrons. The molecule has 4 heterocycles. The second-order valence-corrected chi connectivity index (χ2v) is 11.1. The number of fused-ring (bicyclic) bond motifs is 1. The van der Waals surface area contributed by atoms with E-state index in [9.17, 15) is 18.4 Å². The molecule has 210 valence electrons. The highest BCUT2D eigenvalue weighted by molar-refractivity contribution is 5.92. The minimum atomic E-state index is -2.69. The van der Waals surface area contributed by atoms with Gasteiger partial charge in [-0.1, -0.05) is 0 Å². The normalized spacial score (nSPS) is 21.1. The molecule has 1 saturated carbocycles. The lowest BCUT2D eigenvalue weighted by molar-refractivity contribution is -0.0495. The van der Waals surface area contributed by atoms with E-state index in [1.807, 2.05) is 26.8 Å². The minimum Gasteiger partial charge on any atom is -0.342 e. The molecule has 1 aliphatic carbocycles. The van der Waals surface area contributed by atoms with Crippen LogP contribution in [0.4, 0.5) is 13.6 Å². The third-order valence-corrected chi connectivity index (χ3v) is 7.72. The number of carbonyl (C=O) groups is 2. The van der Waals surface area contributed by atoms with Gasteiger partial charge in [-0.3, -0.25) is 9.48 Å². The van der Waals surface area contributed by atoms with E-state index >= 15 is 0 Å². The van der Waals surface area contributed by atoms with Crippen molar-refractivity contribution in [2.24, 2.45) is 5.92 Å². The van der Waals surface area contributed by atoms with Gasteiger partial charge in [0.1, 0.15) is 5.69 Å². The molecule has 1 aliphatic heterocycles. The van der Waals surface area contributed by atoms with E-state index in [0.717, 1.165) is 18.4 Å². The van der Waals surface area contributed by atoms with Gasteiger partial charge in [-0.05, 0) is 70.1 Å². The summed E-state index contributed by atoms with van der Waals surface area (Å²) in [6.07, 6.45) is 6.98. The molecule has 2 N–H and O–H groups in total. The summed E-state index contributed by atoms with van der Waals surface area (Å²) in [5.41, 5.74) is 2.38. The zero-order valence-corrected chi connectivity index (χ0v) is 22.6. The lowest BCUT2D eigenvalue weighted by Gasteiger charge is -2.33. The van der Waals surface area contributed by atoms with Gasteiger partial charge in [0.15, 0.2) is 5.65 Å². The summed E-state index contributed by atoms with van der Waals surface area (Å²) in [5.74, 6) is -3.21. The highest BCUT2D eigenvalue weighted by atomic mass is 19.3. The smallest absolute Gasteiger partial charge is 0.317 e.